The van der Waals surface area contributed by atoms with Crippen molar-refractivity contribution in [2.24, 2.45) is 0 Å². The number of carbonyl (C=O) groups excluding carboxylic acids is 1. The van der Waals surface area contributed by atoms with E-state index < -0.39 is 0 Å². The first-order valence-electron chi connectivity index (χ1n) is 5.18. The molecule has 1 saturated heterocycles. The summed E-state index contributed by atoms with van der Waals surface area (Å²) in [5.41, 5.74) is 0.550. The minimum atomic E-state index is -0.0783. The monoisotopic (exact) mass is 205 g/mol. The largest absolute Gasteiger partial charge is 0.325 e. The minimum Gasteiger partial charge on any atom is -0.325 e. The van der Waals surface area contributed by atoms with Crippen LogP contribution in [-0.2, 0) is 0 Å². The predicted octanol–water partition coefficient (Wildman–Crippen LogP) is 2.03. The van der Waals surface area contributed by atoms with E-state index in [2.05, 4.69) is 32.7 Å². The van der Waals surface area contributed by atoms with Gasteiger partial charge in [-0.2, -0.15) is 0 Å². The number of hydrogen-bond donors (Lipinski definition) is 1. The predicted molar refractivity (Wildman–Crippen MR) is 64.0 cm³/mol. The Morgan fingerprint density at radius 3 is 2.80 bits per heavy atom. The number of likely N-dealkylation sites (tertiary alicyclic amines) is 1. The molecule has 0 spiro atoms. The summed E-state index contributed by atoms with van der Waals surface area (Å²) in [6.07, 6.45) is 2.57. The molecule has 1 unspecified atom stereocenters. The summed E-state index contributed by atoms with van der Waals surface area (Å²) in [4.78, 5) is 13.5. The molecule has 1 heterocycles. The molecular formula is C11H18BN2O. The third-order valence-corrected chi connectivity index (χ3v) is 3.00. The van der Waals surface area contributed by atoms with Gasteiger partial charge in [0.25, 0.3) is 0 Å². The van der Waals surface area contributed by atoms with Gasteiger partial charge in [-0.1, -0.05) is 26.9 Å². The van der Waals surface area contributed by atoms with Crippen LogP contribution in [0.1, 0.15) is 13.3 Å². The quantitative estimate of drug-likeness (QED) is 0.554. The van der Waals surface area contributed by atoms with E-state index in [1.165, 1.54) is 0 Å². The Morgan fingerprint density at radius 2 is 2.33 bits per heavy atom. The number of amides is 2. The van der Waals surface area contributed by atoms with E-state index in [-0.39, 0.29) is 11.3 Å². The van der Waals surface area contributed by atoms with E-state index in [0.29, 0.717) is 5.70 Å². The highest BCUT2D eigenvalue weighted by Gasteiger charge is 2.34. The van der Waals surface area contributed by atoms with Gasteiger partial charge in [0.05, 0.1) is 0 Å². The molecule has 1 N–H and O–H groups in total. The fraction of sp³-hybridized carbons (Fsp3) is 0.545. The molecule has 2 amide bonds. The molecule has 0 saturated carbocycles. The Bertz CT molecular complexity index is 290. The third-order valence-electron chi connectivity index (χ3n) is 3.00. The number of carbonyl (C=O) groups is 1. The average Bonchev–Trinajstić information content (AvgIpc) is 2.62. The van der Waals surface area contributed by atoms with Crippen molar-refractivity contribution in [1.29, 1.82) is 0 Å². The molecule has 1 fully saturated rings. The summed E-state index contributed by atoms with van der Waals surface area (Å²) < 4.78 is 0. The van der Waals surface area contributed by atoms with Crippen LogP contribution in [0.5, 0.6) is 0 Å². The van der Waals surface area contributed by atoms with E-state index in [4.69, 9.17) is 0 Å². The molecule has 0 bridgehead atoms. The molecule has 1 aliphatic rings. The number of rotatable bonds is 3. The van der Waals surface area contributed by atoms with Crippen LogP contribution in [0, 0.1) is 0 Å². The van der Waals surface area contributed by atoms with Crippen molar-refractivity contribution in [3.63, 3.8) is 0 Å². The van der Waals surface area contributed by atoms with E-state index in [1.807, 2.05) is 11.7 Å². The lowest BCUT2D eigenvalue weighted by molar-refractivity contribution is 0.211. The van der Waals surface area contributed by atoms with E-state index in [0.717, 1.165) is 19.5 Å². The SMILES string of the molecule is C=CC(=C)NC(=O)N1CCC(C)([B]C)C1. The van der Waals surface area contributed by atoms with Crippen molar-refractivity contribution in [3.8, 4) is 0 Å². The van der Waals surface area contributed by atoms with Gasteiger partial charge >= 0.3 is 6.03 Å². The molecule has 3 nitrogen and oxygen atoms in total. The molecule has 0 aromatic rings. The molecular weight excluding hydrogens is 187 g/mol. The summed E-state index contributed by atoms with van der Waals surface area (Å²) in [6.45, 7) is 13.0. The van der Waals surface area contributed by atoms with Gasteiger partial charge < -0.3 is 10.2 Å². The highest BCUT2D eigenvalue weighted by Crippen LogP contribution is 2.35. The number of nitrogens with zero attached hydrogens (tertiary/aromatic N) is 1. The standard InChI is InChI=1S/C11H18BN2O/c1-5-9(2)13-10(15)14-7-6-11(3,8-14)12-4/h5H,1-2,6-8H2,3-4H3,(H,13,15). The van der Waals surface area contributed by atoms with Crippen LogP contribution >= 0.6 is 0 Å². The van der Waals surface area contributed by atoms with Gasteiger partial charge in [-0.05, 0) is 17.8 Å². The van der Waals surface area contributed by atoms with Crippen LogP contribution in [0.3, 0.4) is 0 Å². The second-order valence-electron chi connectivity index (χ2n) is 4.27. The number of allylic oxidation sites excluding steroid dienone is 1. The van der Waals surface area contributed by atoms with Gasteiger partial charge in [0.2, 0.25) is 0 Å². The van der Waals surface area contributed by atoms with Gasteiger partial charge in [-0.25, -0.2) is 4.79 Å². The maximum atomic E-state index is 11.7. The molecule has 15 heavy (non-hydrogen) atoms. The molecule has 1 atom stereocenters. The van der Waals surface area contributed by atoms with Crippen molar-refractivity contribution in [3.05, 3.63) is 24.9 Å². The van der Waals surface area contributed by atoms with Crippen molar-refractivity contribution >= 4 is 13.3 Å². The van der Waals surface area contributed by atoms with Crippen molar-refractivity contribution in [2.75, 3.05) is 13.1 Å². The molecule has 0 aliphatic carbocycles. The van der Waals surface area contributed by atoms with Crippen LogP contribution in [-0.4, -0.2) is 31.3 Å². The topological polar surface area (TPSA) is 32.3 Å². The first kappa shape index (κ1) is 11.9. The summed E-state index contributed by atoms with van der Waals surface area (Å²) in [6, 6.07) is -0.0783. The molecule has 1 rings (SSSR count). The Morgan fingerprint density at radius 1 is 1.67 bits per heavy atom. The molecule has 1 radical (unpaired) electrons. The van der Waals surface area contributed by atoms with Crippen LogP contribution in [0.2, 0.25) is 12.1 Å². The second-order valence-corrected chi connectivity index (χ2v) is 4.27. The Kier molecular flexibility index (Phi) is 3.61. The number of urea groups is 1. The lowest BCUT2D eigenvalue weighted by Crippen LogP contribution is -2.38. The summed E-state index contributed by atoms with van der Waals surface area (Å²) in [5.74, 6) is 0. The van der Waals surface area contributed by atoms with E-state index >= 15 is 0 Å². The first-order chi connectivity index (χ1) is 7.00. The smallest absolute Gasteiger partial charge is 0.321 e. The Hall–Kier alpha value is -1.19. The van der Waals surface area contributed by atoms with E-state index in [9.17, 15) is 4.79 Å². The van der Waals surface area contributed by atoms with Gasteiger partial charge in [0.15, 0.2) is 0 Å². The number of nitrogens with one attached hydrogen (secondary N) is 1. The third kappa shape index (κ3) is 2.88. The Balaban J connectivity index is 2.50. The molecule has 0 aromatic heterocycles. The van der Waals surface area contributed by atoms with Crippen LogP contribution < -0.4 is 5.32 Å². The zero-order valence-corrected chi connectivity index (χ0v) is 9.55. The van der Waals surface area contributed by atoms with Gasteiger partial charge in [-0.3, -0.25) is 0 Å². The van der Waals surface area contributed by atoms with Gasteiger partial charge in [0.1, 0.15) is 7.28 Å². The summed E-state index contributed by atoms with van der Waals surface area (Å²) >= 11 is 0. The maximum absolute atomic E-state index is 11.7. The van der Waals surface area contributed by atoms with Crippen molar-refractivity contribution < 1.29 is 4.79 Å². The molecule has 1 aliphatic heterocycles. The fourth-order valence-corrected chi connectivity index (χ4v) is 1.66. The van der Waals surface area contributed by atoms with Crippen molar-refractivity contribution in [2.45, 2.75) is 25.5 Å². The Labute approximate surface area is 92.5 Å². The zero-order chi connectivity index (χ0) is 11.5. The second kappa shape index (κ2) is 4.56. The molecule has 4 heteroatoms. The van der Waals surface area contributed by atoms with Crippen LogP contribution in [0.4, 0.5) is 4.79 Å². The van der Waals surface area contributed by atoms with Crippen LogP contribution in [0.25, 0.3) is 0 Å². The lowest BCUT2D eigenvalue weighted by Gasteiger charge is -2.22. The minimum absolute atomic E-state index is 0.0783. The summed E-state index contributed by atoms with van der Waals surface area (Å²) in [5, 5.41) is 2.85. The average molecular weight is 205 g/mol. The number of hydrogen-bond acceptors (Lipinski definition) is 1. The lowest BCUT2D eigenvalue weighted by atomic mass is 9.54. The first-order valence-corrected chi connectivity index (χ1v) is 5.18. The maximum Gasteiger partial charge on any atom is 0.321 e. The zero-order valence-electron chi connectivity index (χ0n) is 9.55. The summed E-state index contributed by atoms with van der Waals surface area (Å²) in [7, 11) is 2.17. The van der Waals surface area contributed by atoms with Gasteiger partial charge in [0, 0.05) is 18.8 Å². The van der Waals surface area contributed by atoms with Crippen LogP contribution in [0.15, 0.2) is 24.9 Å². The molecule has 0 aromatic carbocycles. The highest BCUT2D eigenvalue weighted by atomic mass is 16.2. The van der Waals surface area contributed by atoms with Crippen molar-refractivity contribution in [1.82, 2.24) is 10.2 Å². The highest BCUT2D eigenvalue weighted by molar-refractivity contribution is 6.38. The van der Waals surface area contributed by atoms with E-state index in [1.54, 1.807) is 6.08 Å². The van der Waals surface area contributed by atoms with Gasteiger partial charge in [-0.15, -0.1) is 0 Å². The molecule has 81 valence electrons. The normalized spacial score (nSPS) is 24.8. The fourth-order valence-electron chi connectivity index (χ4n) is 1.66.